The lowest BCUT2D eigenvalue weighted by Crippen LogP contribution is -2.33. The molecule has 0 bridgehead atoms. The molecule has 2 atom stereocenters. The Kier molecular flexibility index (Phi) is 8.08. The van der Waals surface area contributed by atoms with Crippen LogP contribution >= 0.6 is 0 Å². The molecule has 0 saturated heterocycles. The lowest BCUT2D eigenvalue weighted by atomic mass is 10.1. The fourth-order valence-corrected chi connectivity index (χ4v) is 4.40. The van der Waals surface area contributed by atoms with E-state index in [-0.39, 0.29) is 18.6 Å². The fraction of sp³-hybridized carbons (Fsp3) is 0.300. The van der Waals surface area contributed by atoms with Crippen LogP contribution in [0.5, 0.6) is 5.75 Å². The number of aliphatic hydroxyl groups is 1. The minimum atomic E-state index is -0.685. The van der Waals surface area contributed by atoms with Crippen LogP contribution in [0.1, 0.15) is 47.1 Å². The highest BCUT2D eigenvalue weighted by Gasteiger charge is 2.22. The summed E-state index contributed by atoms with van der Waals surface area (Å²) in [5, 5.41) is 14.6. The monoisotopic (exact) mass is 486 g/mol. The molecule has 3 aromatic carbocycles. The highest BCUT2D eigenvalue weighted by atomic mass is 16.5. The van der Waals surface area contributed by atoms with Crippen molar-refractivity contribution in [3.63, 3.8) is 0 Å². The number of carbonyl (C=O) groups is 1. The molecule has 0 unspecified atom stereocenters. The largest absolute Gasteiger partial charge is 0.491 e. The van der Waals surface area contributed by atoms with Gasteiger partial charge >= 0.3 is 5.97 Å². The van der Waals surface area contributed by atoms with Gasteiger partial charge < -0.3 is 24.5 Å². The maximum Gasteiger partial charge on any atom is 0.340 e. The first-order valence-corrected chi connectivity index (χ1v) is 12.4. The summed E-state index contributed by atoms with van der Waals surface area (Å²) in [6, 6.07) is 24.1. The van der Waals surface area contributed by atoms with Crippen molar-refractivity contribution in [3.8, 4) is 11.4 Å². The number of nitrogens with one attached hydrogen (secondary N) is 1. The van der Waals surface area contributed by atoms with Crippen molar-refractivity contribution in [2.75, 3.05) is 19.8 Å². The summed E-state index contributed by atoms with van der Waals surface area (Å²) in [6.45, 7) is 8.66. The average molecular weight is 487 g/mol. The number of fused-ring (bicyclic) bond motifs is 1. The van der Waals surface area contributed by atoms with Gasteiger partial charge in [0.25, 0.3) is 0 Å². The average Bonchev–Trinajstić information content (AvgIpc) is 3.18. The van der Waals surface area contributed by atoms with Crippen molar-refractivity contribution < 1.29 is 19.4 Å². The van der Waals surface area contributed by atoms with Gasteiger partial charge in [0, 0.05) is 29.4 Å². The molecule has 6 heteroatoms. The van der Waals surface area contributed by atoms with Crippen molar-refractivity contribution in [3.05, 3.63) is 95.2 Å². The normalized spacial score (nSPS) is 12.9. The predicted octanol–water partition coefficient (Wildman–Crippen LogP) is 5.51. The summed E-state index contributed by atoms with van der Waals surface area (Å²) in [5.74, 6) is 0.228. The number of benzene rings is 3. The number of nitrogens with zero attached hydrogens (tertiary/aromatic N) is 1. The van der Waals surface area contributed by atoms with E-state index in [0.717, 1.165) is 27.8 Å². The molecular weight excluding hydrogens is 452 g/mol. The Hall–Kier alpha value is -3.61. The van der Waals surface area contributed by atoms with Crippen molar-refractivity contribution in [2.24, 2.45) is 0 Å². The molecular formula is C30H34N2O4. The van der Waals surface area contributed by atoms with Crippen LogP contribution in [0.2, 0.25) is 0 Å². The summed E-state index contributed by atoms with van der Waals surface area (Å²) >= 11 is 0. The maximum absolute atomic E-state index is 12.9. The van der Waals surface area contributed by atoms with E-state index in [1.807, 2.05) is 62.4 Å². The number of aryl methyl sites for hydroxylation is 1. The Labute approximate surface area is 212 Å². The zero-order chi connectivity index (χ0) is 25.7. The van der Waals surface area contributed by atoms with Gasteiger partial charge in [0.1, 0.15) is 18.5 Å². The molecule has 0 fully saturated rings. The summed E-state index contributed by atoms with van der Waals surface area (Å²) < 4.78 is 13.4. The first-order chi connectivity index (χ1) is 17.4. The SMILES string of the molecule is CCOC(=O)c1c(C)n(-c2ccc(C)cc2)c2ccc(OC[C@@H](O)CN[C@@H](C)c3ccccc3)cc12. The number of hydrogen-bond donors (Lipinski definition) is 2. The van der Waals surface area contributed by atoms with Crippen LogP contribution in [-0.4, -0.2) is 41.5 Å². The zero-order valence-electron chi connectivity index (χ0n) is 21.3. The van der Waals surface area contributed by atoms with Gasteiger partial charge in [0.2, 0.25) is 0 Å². The second-order valence-electron chi connectivity index (χ2n) is 9.04. The first-order valence-electron chi connectivity index (χ1n) is 12.4. The molecule has 0 saturated carbocycles. The Morgan fingerprint density at radius 2 is 1.75 bits per heavy atom. The zero-order valence-corrected chi connectivity index (χ0v) is 21.3. The van der Waals surface area contributed by atoms with Crippen molar-refractivity contribution in [1.29, 1.82) is 0 Å². The predicted molar refractivity (Wildman–Crippen MR) is 143 cm³/mol. The van der Waals surface area contributed by atoms with E-state index in [1.54, 1.807) is 6.92 Å². The lowest BCUT2D eigenvalue weighted by molar-refractivity contribution is 0.0527. The maximum atomic E-state index is 12.9. The second kappa shape index (κ2) is 11.4. The highest BCUT2D eigenvalue weighted by Crippen LogP contribution is 2.32. The third kappa shape index (κ3) is 5.61. The van der Waals surface area contributed by atoms with E-state index >= 15 is 0 Å². The summed E-state index contributed by atoms with van der Waals surface area (Å²) in [5.41, 5.74) is 5.53. The standard InChI is InChI=1S/C30H34N2O4/c1-5-35-30(34)29-22(4)32(24-13-11-20(2)12-14-24)28-16-15-26(17-27(28)29)36-19-25(33)18-31-21(3)23-9-7-6-8-10-23/h6-17,21,25,31,33H,5,18-19H2,1-4H3/t21-,25-/m0/s1. The Morgan fingerprint density at radius 1 is 1.03 bits per heavy atom. The third-order valence-corrected chi connectivity index (χ3v) is 6.35. The molecule has 1 aromatic heterocycles. The Bertz CT molecular complexity index is 1310. The van der Waals surface area contributed by atoms with Gasteiger partial charge in [-0.15, -0.1) is 0 Å². The van der Waals surface area contributed by atoms with Gasteiger partial charge in [0.05, 0.1) is 17.7 Å². The first kappa shape index (κ1) is 25.5. The van der Waals surface area contributed by atoms with E-state index in [2.05, 4.69) is 41.1 Å². The van der Waals surface area contributed by atoms with Crippen LogP contribution in [0.3, 0.4) is 0 Å². The van der Waals surface area contributed by atoms with Gasteiger partial charge in [-0.05, 0) is 63.6 Å². The number of aliphatic hydroxyl groups excluding tert-OH is 1. The third-order valence-electron chi connectivity index (χ3n) is 6.35. The van der Waals surface area contributed by atoms with Crippen molar-refractivity contribution in [2.45, 2.75) is 39.8 Å². The molecule has 36 heavy (non-hydrogen) atoms. The molecule has 0 spiro atoms. The van der Waals surface area contributed by atoms with Crippen LogP contribution in [0.15, 0.2) is 72.8 Å². The fourth-order valence-electron chi connectivity index (χ4n) is 4.40. The lowest BCUT2D eigenvalue weighted by Gasteiger charge is -2.18. The van der Waals surface area contributed by atoms with Gasteiger partial charge in [-0.3, -0.25) is 0 Å². The molecule has 0 radical (unpaired) electrons. The number of carbonyl (C=O) groups excluding carboxylic acids is 1. The summed E-state index contributed by atoms with van der Waals surface area (Å²) in [4.78, 5) is 12.9. The van der Waals surface area contributed by atoms with Crippen LogP contribution in [0.4, 0.5) is 0 Å². The summed E-state index contributed by atoms with van der Waals surface area (Å²) in [6.07, 6.45) is -0.685. The van der Waals surface area contributed by atoms with Crippen LogP contribution in [0, 0.1) is 13.8 Å². The van der Waals surface area contributed by atoms with E-state index in [1.165, 1.54) is 5.56 Å². The minimum absolute atomic E-state index is 0.119. The van der Waals surface area contributed by atoms with Gasteiger partial charge in [-0.1, -0.05) is 48.0 Å². The summed E-state index contributed by atoms with van der Waals surface area (Å²) in [7, 11) is 0. The smallest absolute Gasteiger partial charge is 0.340 e. The number of esters is 1. The Balaban J connectivity index is 1.53. The quantitative estimate of drug-likeness (QED) is 0.289. The topological polar surface area (TPSA) is 72.7 Å². The van der Waals surface area contributed by atoms with Gasteiger partial charge in [-0.25, -0.2) is 4.79 Å². The minimum Gasteiger partial charge on any atom is -0.491 e. The Morgan fingerprint density at radius 3 is 2.44 bits per heavy atom. The van der Waals surface area contributed by atoms with Gasteiger partial charge in [0.15, 0.2) is 0 Å². The second-order valence-corrected chi connectivity index (χ2v) is 9.04. The molecule has 1 heterocycles. The molecule has 4 rings (SSSR count). The highest BCUT2D eigenvalue weighted by molar-refractivity contribution is 6.07. The van der Waals surface area contributed by atoms with Crippen LogP contribution in [0.25, 0.3) is 16.6 Å². The molecule has 0 aliphatic rings. The molecule has 2 N–H and O–H groups in total. The number of rotatable bonds is 10. The van der Waals surface area contributed by atoms with E-state index in [4.69, 9.17) is 9.47 Å². The van der Waals surface area contributed by atoms with Crippen LogP contribution < -0.4 is 10.1 Å². The van der Waals surface area contributed by atoms with E-state index in [0.29, 0.717) is 24.5 Å². The number of aromatic nitrogens is 1. The molecule has 4 aromatic rings. The number of ether oxygens (including phenoxy) is 2. The molecule has 6 nitrogen and oxygen atoms in total. The van der Waals surface area contributed by atoms with E-state index < -0.39 is 6.10 Å². The van der Waals surface area contributed by atoms with Crippen molar-refractivity contribution in [1.82, 2.24) is 9.88 Å². The molecule has 0 amide bonds. The van der Waals surface area contributed by atoms with Gasteiger partial charge in [-0.2, -0.15) is 0 Å². The van der Waals surface area contributed by atoms with Crippen LogP contribution in [-0.2, 0) is 4.74 Å². The van der Waals surface area contributed by atoms with Crippen molar-refractivity contribution >= 4 is 16.9 Å². The molecule has 0 aliphatic heterocycles. The number of hydrogen-bond acceptors (Lipinski definition) is 5. The molecule has 188 valence electrons. The molecule has 0 aliphatic carbocycles. The van der Waals surface area contributed by atoms with E-state index in [9.17, 15) is 9.90 Å².